The Morgan fingerprint density at radius 2 is 2.37 bits per heavy atom. The van der Waals surface area contributed by atoms with Gasteiger partial charge in [0.15, 0.2) is 0 Å². The van der Waals surface area contributed by atoms with Crippen molar-refractivity contribution in [1.82, 2.24) is 10.2 Å². The van der Waals surface area contributed by atoms with Gasteiger partial charge in [-0.3, -0.25) is 4.90 Å². The molecule has 1 heterocycles. The fourth-order valence-electron chi connectivity index (χ4n) is 2.60. The van der Waals surface area contributed by atoms with Gasteiger partial charge in [-0.05, 0) is 19.4 Å². The number of benzene rings is 1. The van der Waals surface area contributed by atoms with Crippen LogP contribution < -0.4 is 10.1 Å². The number of likely N-dealkylation sites (tertiary alicyclic amines) is 1. The molecule has 0 bridgehead atoms. The fraction of sp³-hybridized carbons (Fsp3) is 0.533. The molecule has 0 spiro atoms. The first-order valence-electron chi connectivity index (χ1n) is 6.69. The summed E-state index contributed by atoms with van der Waals surface area (Å²) in [6.45, 7) is 5.52. The lowest BCUT2D eigenvalue weighted by molar-refractivity contribution is 0.312. The van der Waals surface area contributed by atoms with Crippen LogP contribution in [0.2, 0.25) is 0 Å². The number of hydrogen-bond donors (Lipinski definition) is 1. The van der Waals surface area contributed by atoms with E-state index in [0.717, 1.165) is 31.8 Å². The van der Waals surface area contributed by atoms with E-state index in [1.165, 1.54) is 11.1 Å². The summed E-state index contributed by atoms with van der Waals surface area (Å²) in [6.07, 6.45) is 1.11. The molecule has 0 saturated carbocycles. The van der Waals surface area contributed by atoms with Gasteiger partial charge >= 0.3 is 0 Å². The molecule has 1 aliphatic rings. The summed E-state index contributed by atoms with van der Waals surface area (Å²) in [4.78, 5) is 2.41. The number of methoxy groups -OCH3 is 1. The second-order valence-corrected chi connectivity index (χ2v) is 5.08. The SMILES string of the molecule is COc1ccc(C)cc1CN1CCC(NCC#N)C1. The third-order valence-corrected chi connectivity index (χ3v) is 3.57. The monoisotopic (exact) mass is 259 g/mol. The van der Waals surface area contributed by atoms with Crippen LogP contribution in [0.3, 0.4) is 0 Å². The largest absolute Gasteiger partial charge is 0.496 e. The Bertz CT molecular complexity index is 467. The van der Waals surface area contributed by atoms with Gasteiger partial charge in [0.25, 0.3) is 0 Å². The van der Waals surface area contributed by atoms with Crippen molar-refractivity contribution in [2.75, 3.05) is 26.7 Å². The third-order valence-electron chi connectivity index (χ3n) is 3.57. The molecule has 2 rings (SSSR count). The van der Waals surface area contributed by atoms with Crippen LogP contribution in [0.1, 0.15) is 17.5 Å². The molecule has 19 heavy (non-hydrogen) atoms. The summed E-state index contributed by atoms with van der Waals surface area (Å²) in [7, 11) is 1.72. The van der Waals surface area contributed by atoms with E-state index in [0.29, 0.717) is 12.6 Å². The Balaban J connectivity index is 1.95. The van der Waals surface area contributed by atoms with Gasteiger partial charge in [-0.25, -0.2) is 0 Å². The molecule has 1 N–H and O–H groups in total. The number of hydrogen-bond acceptors (Lipinski definition) is 4. The maximum atomic E-state index is 8.58. The van der Waals surface area contributed by atoms with E-state index < -0.39 is 0 Å². The first-order valence-corrected chi connectivity index (χ1v) is 6.69. The second-order valence-electron chi connectivity index (χ2n) is 5.08. The maximum absolute atomic E-state index is 8.58. The van der Waals surface area contributed by atoms with Gasteiger partial charge in [0.2, 0.25) is 0 Å². The van der Waals surface area contributed by atoms with Crippen molar-refractivity contribution in [3.8, 4) is 11.8 Å². The lowest BCUT2D eigenvalue weighted by Gasteiger charge is -2.18. The maximum Gasteiger partial charge on any atom is 0.123 e. The van der Waals surface area contributed by atoms with Gasteiger partial charge < -0.3 is 10.1 Å². The molecule has 4 heteroatoms. The molecule has 0 aliphatic carbocycles. The Kier molecular flexibility index (Phi) is 4.78. The minimum atomic E-state index is 0.437. The van der Waals surface area contributed by atoms with Gasteiger partial charge in [-0.1, -0.05) is 17.7 Å². The van der Waals surface area contributed by atoms with Crippen molar-refractivity contribution in [2.45, 2.75) is 25.9 Å². The summed E-state index contributed by atoms with van der Waals surface area (Å²) in [5.41, 5.74) is 2.50. The fourth-order valence-corrected chi connectivity index (χ4v) is 2.60. The third kappa shape index (κ3) is 3.69. The molecule has 1 fully saturated rings. The second kappa shape index (κ2) is 6.55. The van der Waals surface area contributed by atoms with Crippen LogP contribution in [-0.2, 0) is 6.54 Å². The first kappa shape index (κ1) is 13.9. The van der Waals surface area contributed by atoms with Crippen LogP contribution in [0.15, 0.2) is 18.2 Å². The molecule has 1 atom stereocenters. The molecule has 1 saturated heterocycles. The number of nitrogens with zero attached hydrogens (tertiary/aromatic N) is 2. The number of ether oxygens (including phenoxy) is 1. The van der Waals surface area contributed by atoms with Crippen molar-refractivity contribution >= 4 is 0 Å². The topological polar surface area (TPSA) is 48.3 Å². The van der Waals surface area contributed by atoms with Gasteiger partial charge in [0.05, 0.1) is 19.7 Å². The van der Waals surface area contributed by atoms with E-state index in [1.54, 1.807) is 7.11 Å². The van der Waals surface area contributed by atoms with E-state index >= 15 is 0 Å². The predicted molar refractivity (Wildman–Crippen MR) is 75.0 cm³/mol. The van der Waals surface area contributed by atoms with E-state index in [9.17, 15) is 0 Å². The summed E-state index contributed by atoms with van der Waals surface area (Å²) in [5.74, 6) is 0.957. The van der Waals surface area contributed by atoms with Crippen LogP contribution in [0, 0.1) is 18.3 Å². The zero-order valence-electron chi connectivity index (χ0n) is 11.6. The summed E-state index contributed by atoms with van der Waals surface area (Å²) >= 11 is 0. The zero-order chi connectivity index (χ0) is 13.7. The summed E-state index contributed by atoms with van der Waals surface area (Å²) in [6, 6.07) is 8.87. The van der Waals surface area contributed by atoms with Crippen molar-refractivity contribution in [1.29, 1.82) is 5.26 Å². The standard InChI is InChI=1S/C15H21N3O/c1-12-3-4-15(19-2)13(9-12)10-18-8-5-14(11-18)17-7-6-16/h3-4,9,14,17H,5,7-8,10-11H2,1-2H3. The quantitative estimate of drug-likeness (QED) is 0.818. The molecule has 1 aromatic rings. The Morgan fingerprint density at radius 3 is 3.11 bits per heavy atom. The van der Waals surface area contributed by atoms with E-state index in [2.05, 4.69) is 35.3 Å². The normalized spacial score (nSPS) is 19.3. The van der Waals surface area contributed by atoms with Crippen LogP contribution in [-0.4, -0.2) is 37.7 Å². The highest BCUT2D eigenvalue weighted by molar-refractivity contribution is 5.36. The summed E-state index contributed by atoms with van der Waals surface area (Å²) < 4.78 is 5.42. The smallest absolute Gasteiger partial charge is 0.123 e. The van der Waals surface area contributed by atoms with Gasteiger partial charge in [0, 0.05) is 31.2 Å². The number of nitriles is 1. The first-order chi connectivity index (χ1) is 9.22. The minimum absolute atomic E-state index is 0.437. The van der Waals surface area contributed by atoms with Gasteiger partial charge in [-0.2, -0.15) is 5.26 Å². The average Bonchev–Trinajstić information content (AvgIpc) is 2.84. The van der Waals surface area contributed by atoms with Crippen LogP contribution in [0.5, 0.6) is 5.75 Å². The number of rotatable bonds is 5. The molecule has 4 nitrogen and oxygen atoms in total. The van der Waals surface area contributed by atoms with Crippen molar-refractivity contribution in [2.24, 2.45) is 0 Å². The van der Waals surface area contributed by atoms with Crippen LogP contribution in [0.25, 0.3) is 0 Å². The van der Waals surface area contributed by atoms with Crippen LogP contribution in [0.4, 0.5) is 0 Å². The minimum Gasteiger partial charge on any atom is -0.496 e. The lowest BCUT2D eigenvalue weighted by Crippen LogP contribution is -2.32. The van der Waals surface area contributed by atoms with E-state index in [4.69, 9.17) is 10.00 Å². The highest BCUT2D eigenvalue weighted by Gasteiger charge is 2.22. The lowest BCUT2D eigenvalue weighted by atomic mass is 10.1. The average molecular weight is 259 g/mol. The molecule has 1 aliphatic heterocycles. The Labute approximate surface area is 115 Å². The van der Waals surface area contributed by atoms with Gasteiger partial charge in [0.1, 0.15) is 5.75 Å². The van der Waals surface area contributed by atoms with Gasteiger partial charge in [-0.15, -0.1) is 0 Å². The molecular formula is C15H21N3O. The molecule has 0 amide bonds. The van der Waals surface area contributed by atoms with Crippen molar-refractivity contribution < 1.29 is 4.74 Å². The Morgan fingerprint density at radius 1 is 1.53 bits per heavy atom. The molecular weight excluding hydrogens is 238 g/mol. The van der Waals surface area contributed by atoms with Crippen LogP contribution >= 0.6 is 0 Å². The van der Waals surface area contributed by atoms with E-state index in [-0.39, 0.29) is 0 Å². The number of nitrogens with one attached hydrogen (secondary N) is 1. The molecule has 102 valence electrons. The molecule has 1 aromatic carbocycles. The molecule has 0 radical (unpaired) electrons. The molecule has 1 unspecified atom stereocenters. The highest BCUT2D eigenvalue weighted by Crippen LogP contribution is 2.23. The number of aryl methyl sites for hydroxylation is 1. The van der Waals surface area contributed by atoms with E-state index in [1.807, 2.05) is 6.07 Å². The zero-order valence-corrected chi connectivity index (χ0v) is 11.6. The van der Waals surface area contributed by atoms with Crippen molar-refractivity contribution in [3.63, 3.8) is 0 Å². The van der Waals surface area contributed by atoms with Crippen molar-refractivity contribution in [3.05, 3.63) is 29.3 Å². The molecule has 0 aromatic heterocycles. The summed E-state index contributed by atoms with van der Waals surface area (Å²) in [5, 5.41) is 11.8. The highest BCUT2D eigenvalue weighted by atomic mass is 16.5. The Hall–Kier alpha value is -1.57. The predicted octanol–water partition coefficient (Wildman–Crippen LogP) is 1.69.